The van der Waals surface area contributed by atoms with E-state index in [0.29, 0.717) is 11.3 Å². The molecule has 0 spiro atoms. The van der Waals surface area contributed by atoms with Crippen molar-refractivity contribution in [1.29, 1.82) is 0 Å². The molecule has 2 aromatic rings. The predicted molar refractivity (Wildman–Crippen MR) is 78.5 cm³/mol. The highest BCUT2D eigenvalue weighted by Gasteiger charge is 2.22. The quantitative estimate of drug-likeness (QED) is 0.693. The molecule has 0 amide bonds. The van der Waals surface area contributed by atoms with Gasteiger partial charge < -0.3 is 9.72 Å². The molecular weight excluding hydrogens is 266 g/mol. The van der Waals surface area contributed by atoms with Crippen molar-refractivity contribution in [3.63, 3.8) is 0 Å². The Morgan fingerprint density at radius 3 is 2.76 bits per heavy atom. The molecular formula is C17H17NO3. The zero-order valence-corrected chi connectivity index (χ0v) is 11.9. The third-order valence-corrected chi connectivity index (χ3v) is 3.85. The Labute approximate surface area is 123 Å². The van der Waals surface area contributed by atoms with Crippen LogP contribution >= 0.6 is 0 Å². The maximum Gasteiger partial charge on any atom is 0.355 e. The number of esters is 1. The van der Waals surface area contributed by atoms with Crippen LogP contribution in [-0.4, -0.2) is 22.8 Å². The van der Waals surface area contributed by atoms with E-state index in [2.05, 4.69) is 4.98 Å². The smallest absolute Gasteiger partial charge is 0.355 e. The highest BCUT2D eigenvalue weighted by Crippen LogP contribution is 2.23. The van der Waals surface area contributed by atoms with Gasteiger partial charge in [-0.15, -0.1) is 0 Å². The number of H-pyrrole nitrogens is 1. The minimum Gasteiger partial charge on any atom is -0.450 e. The first-order valence-electron chi connectivity index (χ1n) is 7.15. The largest absolute Gasteiger partial charge is 0.450 e. The number of aryl methyl sites for hydroxylation is 2. The minimum absolute atomic E-state index is 0.162. The zero-order chi connectivity index (χ0) is 14.8. The lowest BCUT2D eigenvalue weighted by molar-refractivity contribution is 0.0314. The number of ether oxygens (including phenoxy) is 1. The van der Waals surface area contributed by atoms with E-state index in [9.17, 15) is 9.59 Å². The van der Waals surface area contributed by atoms with Gasteiger partial charge in [0.05, 0.1) is 0 Å². The Balaban J connectivity index is 1.71. The van der Waals surface area contributed by atoms with Gasteiger partial charge in [-0.05, 0) is 55.5 Å². The van der Waals surface area contributed by atoms with E-state index in [4.69, 9.17) is 4.74 Å². The second-order valence-electron chi connectivity index (χ2n) is 5.33. The number of hydrogen-bond acceptors (Lipinski definition) is 3. The molecule has 1 aliphatic rings. The van der Waals surface area contributed by atoms with Gasteiger partial charge in [-0.1, -0.05) is 12.1 Å². The molecule has 0 fully saturated rings. The van der Waals surface area contributed by atoms with E-state index < -0.39 is 12.1 Å². The fourth-order valence-electron chi connectivity index (χ4n) is 2.69. The van der Waals surface area contributed by atoms with Crippen LogP contribution in [0.4, 0.5) is 0 Å². The highest BCUT2D eigenvalue weighted by atomic mass is 16.5. The number of hydrogen-bond donors (Lipinski definition) is 1. The molecule has 1 heterocycles. The molecule has 3 rings (SSSR count). The van der Waals surface area contributed by atoms with Crippen LogP contribution in [0, 0.1) is 0 Å². The van der Waals surface area contributed by atoms with Gasteiger partial charge in [-0.2, -0.15) is 0 Å². The van der Waals surface area contributed by atoms with Crippen molar-refractivity contribution >= 4 is 11.8 Å². The van der Waals surface area contributed by atoms with Crippen LogP contribution in [0.1, 0.15) is 45.3 Å². The highest BCUT2D eigenvalue weighted by molar-refractivity contribution is 6.01. The fourth-order valence-corrected chi connectivity index (χ4v) is 2.69. The lowest BCUT2D eigenvalue weighted by Gasteiger charge is -2.12. The minimum atomic E-state index is -0.791. The average Bonchev–Trinajstić information content (AvgIpc) is 3.16. The first-order valence-corrected chi connectivity index (χ1v) is 7.15. The SMILES string of the molecule is C[C@@H](OC(=O)c1ccc[nH]1)C(=O)c1ccc2c(c1)CCC2. The summed E-state index contributed by atoms with van der Waals surface area (Å²) in [6.07, 6.45) is 4.10. The summed E-state index contributed by atoms with van der Waals surface area (Å²) >= 11 is 0. The molecule has 0 aliphatic heterocycles. The van der Waals surface area contributed by atoms with Crippen LogP contribution in [-0.2, 0) is 17.6 Å². The van der Waals surface area contributed by atoms with Gasteiger partial charge >= 0.3 is 5.97 Å². The van der Waals surface area contributed by atoms with E-state index in [-0.39, 0.29) is 5.78 Å². The number of Topliss-reactive ketones (excluding diaryl/α,β-unsaturated/α-hetero) is 1. The van der Waals surface area contributed by atoms with Crippen molar-refractivity contribution in [1.82, 2.24) is 4.98 Å². The lowest BCUT2D eigenvalue weighted by atomic mass is 10.0. The van der Waals surface area contributed by atoms with Crippen molar-refractivity contribution in [3.8, 4) is 0 Å². The number of fused-ring (bicyclic) bond motifs is 1. The number of benzene rings is 1. The first kappa shape index (κ1) is 13.6. The van der Waals surface area contributed by atoms with Crippen molar-refractivity contribution in [2.75, 3.05) is 0 Å². The topological polar surface area (TPSA) is 59.2 Å². The number of carbonyl (C=O) groups excluding carboxylic acids is 2. The summed E-state index contributed by atoms with van der Waals surface area (Å²) in [6, 6.07) is 9.10. The molecule has 0 saturated carbocycles. The van der Waals surface area contributed by atoms with Crippen LogP contribution in [0.15, 0.2) is 36.5 Å². The predicted octanol–water partition coefficient (Wildman–Crippen LogP) is 2.93. The Morgan fingerprint density at radius 1 is 1.19 bits per heavy atom. The van der Waals surface area contributed by atoms with Gasteiger partial charge in [0, 0.05) is 11.8 Å². The molecule has 0 saturated heterocycles. The summed E-state index contributed by atoms with van der Waals surface area (Å²) < 4.78 is 5.21. The molecule has 0 bridgehead atoms. The molecule has 4 heteroatoms. The molecule has 1 aliphatic carbocycles. The van der Waals surface area contributed by atoms with E-state index in [0.717, 1.165) is 19.3 Å². The maximum absolute atomic E-state index is 12.4. The monoisotopic (exact) mass is 283 g/mol. The molecule has 1 N–H and O–H groups in total. The summed E-state index contributed by atoms with van der Waals surface area (Å²) in [5.74, 6) is -0.674. The standard InChI is InChI=1S/C17H17NO3/c1-11(21-17(20)15-6-3-9-18-15)16(19)14-8-7-12-4-2-5-13(12)10-14/h3,6-11,18H,2,4-5H2,1H3/t11-/m1/s1. The number of nitrogens with one attached hydrogen (secondary N) is 1. The molecule has 108 valence electrons. The van der Waals surface area contributed by atoms with Crippen LogP contribution in [0.3, 0.4) is 0 Å². The number of aromatic amines is 1. The van der Waals surface area contributed by atoms with Crippen LogP contribution in [0.2, 0.25) is 0 Å². The van der Waals surface area contributed by atoms with E-state index in [1.54, 1.807) is 25.3 Å². The fraction of sp³-hybridized carbons (Fsp3) is 0.294. The van der Waals surface area contributed by atoms with Crippen molar-refractivity contribution < 1.29 is 14.3 Å². The average molecular weight is 283 g/mol. The molecule has 1 aromatic heterocycles. The molecule has 4 nitrogen and oxygen atoms in total. The third-order valence-electron chi connectivity index (χ3n) is 3.85. The Morgan fingerprint density at radius 2 is 2.00 bits per heavy atom. The number of ketones is 1. The Hall–Kier alpha value is -2.36. The van der Waals surface area contributed by atoms with Gasteiger partial charge in [0.2, 0.25) is 5.78 Å². The third kappa shape index (κ3) is 2.75. The van der Waals surface area contributed by atoms with Gasteiger partial charge in [0.15, 0.2) is 6.10 Å². The second-order valence-corrected chi connectivity index (χ2v) is 5.33. The van der Waals surface area contributed by atoms with Crippen molar-refractivity contribution in [2.45, 2.75) is 32.3 Å². The summed E-state index contributed by atoms with van der Waals surface area (Å²) in [7, 11) is 0. The normalized spacial score (nSPS) is 14.5. The van der Waals surface area contributed by atoms with Crippen LogP contribution in [0.25, 0.3) is 0 Å². The second kappa shape index (κ2) is 5.56. The lowest BCUT2D eigenvalue weighted by Crippen LogP contribution is -2.24. The van der Waals surface area contributed by atoms with Crippen molar-refractivity contribution in [2.24, 2.45) is 0 Å². The van der Waals surface area contributed by atoms with E-state index in [1.807, 2.05) is 18.2 Å². The molecule has 1 atom stereocenters. The zero-order valence-electron chi connectivity index (χ0n) is 11.9. The van der Waals surface area contributed by atoms with Crippen LogP contribution < -0.4 is 0 Å². The first-order chi connectivity index (χ1) is 10.1. The molecule has 1 aromatic carbocycles. The molecule has 0 unspecified atom stereocenters. The summed E-state index contributed by atoms with van der Waals surface area (Å²) in [4.78, 5) is 27.0. The number of rotatable bonds is 4. The van der Waals surface area contributed by atoms with E-state index >= 15 is 0 Å². The maximum atomic E-state index is 12.4. The van der Waals surface area contributed by atoms with E-state index in [1.165, 1.54) is 11.1 Å². The van der Waals surface area contributed by atoms with Gasteiger partial charge in [-0.3, -0.25) is 4.79 Å². The van der Waals surface area contributed by atoms with Crippen molar-refractivity contribution in [3.05, 3.63) is 58.9 Å². The Bertz CT molecular complexity index is 673. The number of aromatic nitrogens is 1. The molecule has 0 radical (unpaired) electrons. The summed E-state index contributed by atoms with van der Waals surface area (Å²) in [5.41, 5.74) is 3.53. The Kier molecular flexibility index (Phi) is 3.60. The summed E-state index contributed by atoms with van der Waals surface area (Å²) in [5, 5.41) is 0. The van der Waals surface area contributed by atoms with Crippen LogP contribution in [0.5, 0.6) is 0 Å². The number of carbonyl (C=O) groups is 2. The van der Waals surface area contributed by atoms with Gasteiger partial charge in [0.1, 0.15) is 5.69 Å². The van der Waals surface area contributed by atoms with Gasteiger partial charge in [-0.25, -0.2) is 4.79 Å². The molecule has 21 heavy (non-hydrogen) atoms. The summed E-state index contributed by atoms with van der Waals surface area (Å²) in [6.45, 7) is 1.61. The van der Waals surface area contributed by atoms with Gasteiger partial charge in [0.25, 0.3) is 0 Å².